The van der Waals surface area contributed by atoms with E-state index in [2.05, 4.69) is 26.0 Å². The second kappa shape index (κ2) is 36.8. The minimum atomic E-state index is -4.16. The van der Waals surface area contributed by atoms with Gasteiger partial charge in [-0.05, 0) is 51.9 Å². The fourth-order valence-electron chi connectivity index (χ4n) is 6.07. The second-order valence-corrected chi connectivity index (χ2v) is 15.6. The molecule has 7 nitrogen and oxygen atoms in total. The van der Waals surface area contributed by atoms with Crippen molar-refractivity contribution in [2.45, 2.75) is 213 Å². The average Bonchev–Trinajstić information content (AvgIpc) is 3.08. The molecule has 0 aromatic rings. The molecule has 1 unspecified atom stereocenters. The topological polar surface area (TPSA) is 99.1 Å². The summed E-state index contributed by atoms with van der Waals surface area (Å²) in [5, 5.41) is 0. The Kier molecular flexibility index (Phi) is 36.0. The molecule has 0 aliphatic rings. The van der Waals surface area contributed by atoms with Gasteiger partial charge in [-0.1, -0.05) is 154 Å². The van der Waals surface area contributed by atoms with Crippen LogP contribution in [-0.2, 0) is 27.9 Å². The predicted octanol–water partition coefficient (Wildman–Crippen LogP) is 13.2. The number of carbonyl (C=O) groups is 2. The molecule has 2 atom stereocenters. The minimum absolute atomic E-state index is 0.0565. The zero-order valence-electron chi connectivity index (χ0n) is 32.4. The number of ether oxygens (including phenoxy) is 1. The molecule has 0 bridgehead atoms. The van der Waals surface area contributed by atoms with E-state index in [1.807, 2.05) is 0 Å². The summed E-state index contributed by atoms with van der Waals surface area (Å²) >= 11 is 0. The fraction of sp³-hybridized carbons (Fsp3) is 0.902. The molecule has 0 aromatic carbocycles. The van der Waals surface area contributed by atoms with Crippen molar-refractivity contribution in [3.63, 3.8) is 0 Å². The lowest BCUT2D eigenvalue weighted by molar-refractivity contribution is -0.145. The molecule has 49 heavy (non-hydrogen) atoms. The van der Waals surface area contributed by atoms with Crippen LogP contribution in [0.3, 0.4) is 0 Å². The molecule has 0 fully saturated rings. The zero-order chi connectivity index (χ0) is 36.1. The lowest BCUT2D eigenvalue weighted by atomic mass is 10.00. The van der Waals surface area contributed by atoms with Crippen molar-refractivity contribution < 1.29 is 32.8 Å². The predicted molar refractivity (Wildman–Crippen MR) is 206 cm³/mol. The van der Waals surface area contributed by atoms with E-state index < -0.39 is 7.82 Å². The zero-order valence-corrected chi connectivity index (χ0v) is 33.3. The van der Waals surface area contributed by atoms with Gasteiger partial charge in [-0.15, -0.1) is 0 Å². The average molecular weight is 715 g/mol. The van der Waals surface area contributed by atoms with E-state index in [0.717, 1.165) is 44.9 Å². The summed E-state index contributed by atoms with van der Waals surface area (Å²) in [6.07, 6.45) is 38.5. The molecule has 0 radical (unpaired) electrons. The van der Waals surface area contributed by atoms with Crippen molar-refractivity contribution >= 4 is 19.6 Å². The van der Waals surface area contributed by atoms with E-state index >= 15 is 0 Å². The van der Waals surface area contributed by atoms with Gasteiger partial charge in [0.2, 0.25) is 0 Å². The second-order valence-electron chi connectivity index (χ2n) is 14.1. The maximum absolute atomic E-state index is 12.6. The summed E-state index contributed by atoms with van der Waals surface area (Å²) < 4.78 is 27.5. The number of esters is 1. The van der Waals surface area contributed by atoms with E-state index in [1.54, 1.807) is 6.92 Å². The van der Waals surface area contributed by atoms with E-state index in [0.29, 0.717) is 25.7 Å². The molecular weight excluding hydrogens is 635 g/mol. The van der Waals surface area contributed by atoms with Crippen molar-refractivity contribution in [2.24, 2.45) is 5.92 Å². The Bertz CT molecular complexity index is 816. The van der Waals surface area contributed by atoms with Gasteiger partial charge in [-0.2, -0.15) is 0 Å². The molecular formula is C41H79O7P. The van der Waals surface area contributed by atoms with E-state index in [9.17, 15) is 19.0 Å². The van der Waals surface area contributed by atoms with Crippen LogP contribution >= 0.6 is 7.82 Å². The van der Waals surface area contributed by atoms with Crippen molar-refractivity contribution in [1.82, 2.24) is 0 Å². The maximum Gasteiger partial charge on any atom is 0.472 e. The lowest BCUT2D eigenvalue weighted by Crippen LogP contribution is -2.20. The van der Waals surface area contributed by atoms with E-state index in [-0.39, 0.29) is 37.5 Å². The highest BCUT2D eigenvalue weighted by atomic mass is 31.2. The standard InChI is InChI=1S/C41H79O7P/c1-4-7-9-11-13-15-17-19-20-22-23-25-27-29-31-33-40(42)36-35-39(38-48-49(44,45)47-6-3)37-46-41(43)34-32-30-28-26-24-21-18-16-14-12-10-8-5-2/h19-20,39H,4-18,21-38H2,1-3H3,(H,44,45)/b20-19-/t39-/m1/s1. The summed E-state index contributed by atoms with van der Waals surface area (Å²) in [5.74, 6) is -0.419. The smallest absolute Gasteiger partial charge is 0.465 e. The summed E-state index contributed by atoms with van der Waals surface area (Å²) in [6.45, 7) is 6.17. The van der Waals surface area contributed by atoms with Gasteiger partial charge in [0.1, 0.15) is 5.78 Å². The largest absolute Gasteiger partial charge is 0.472 e. The van der Waals surface area contributed by atoms with Gasteiger partial charge in [0.05, 0.1) is 19.8 Å². The number of Topliss-reactive ketones (excluding diaryl/α,β-unsaturated/α-hetero) is 1. The van der Waals surface area contributed by atoms with Gasteiger partial charge in [0, 0.05) is 25.2 Å². The minimum Gasteiger partial charge on any atom is -0.465 e. The maximum atomic E-state index is 12.6. The first-order valence-electron chi connectivity index (χ1n) is 20.8. The third-order valence-electron chi connectivity index (χ3n) is 9.28. The van der Waals surface area contributed by atoms with E-state index in [4.69, 9.17) is 13.8 Å². The Labute approximate surface area is 303 Å². The number of hydrogen-bond acceptors (Lipinski definition) is 6. The van der Waals surface area contributed by atoms with E-state index in [1.165, 1.54) is 122 Å². The number of hydrogen-bond donors (Lipinski definition) is 1. The van der Waals surface area contributed by atoms with Crippen LogP contribution in [0.2, 0.25) is 0 Å². The van der Waals surface area contributed by atoms with Crippen LogP contribution in [0.4, 0.5) is 0 Å². The molecule has 0 aromatic heterocycles. The first-order chi connectivity index (χ1) is 23.8. The number of allylic oxidation sites excluding steroid dienone is 2. The molecule has 8 heteroatoms. The molecule has 0 aliphatic carbocycles. The summed E-state index contributed by atoms with van der Waals surface area (Å²) in [4.78, 5) is 34.8. The third-order valence-corrected chi connectivity index (χ3v) is 10.3. The molecule has 290 valence electrons. The van der Waals surface area contributed by atoms with Crippen LogP contribution in [-0.4, -0.2) is 36.5 Å². The van der Waals surface area contributed by atoms with Gasteiger partial charge in [-0.3, -0.25) is 18.6 Å². The Morgan fingerprint density at radius 3 is 1.45 bits per heavy atom. The fourth-order valence-corrected chi connectivity index (χ4v) is 6.87. The Morgan fingerprint density at radius 2 is 0.980 bits per heavy atom. The van der Waals surface area contributed by atoms with Crippen LogP contribution in [0.25, 0.3) is 0 Å². The van der Waals surface area contributed by atoms with Crippen molar-refractivity contribution in [3.8, 4) is 0 Å². The molecule has 0 aliphatic heterocycles. The Balaban J connectivity index is 4.09. The van der Waals surface area contributed by atoms with Gasteiger partial charge in [-0.25, -0.2) is 4.57 Å². The highest BCUT2D eigenvalue weighted by Gasteiger charge is 2.24. The molecule has 0 rings (SSSR count). The molecule has 0 amide bonds. The van der Waals surface area contributed by atoms with Crippen molar-refractivity contribution in [2.75, 3.05) is 19.8 Å². The van der Waals surface area contributed by atoms with Gasteiger partial charge in [0.15, 0.2) is 0 Å². The summed E-state index contributed by atoms with van der Waals surface area (Å²) in [6, 6.07) is 0. The Hall–Kier alpha value is -1.01. The van der Waals surface area contributed by atoms with Gasteiger partial charge >= 0.3 is 13.8 Å². The first-order valence-corrected chi connectivity index (χ1v) is 22.3. The first kappa shape index (κ1) is 48.0. The molecule has 0 saturated heterocycles. The number of ketones is 1. The number of carbonyl (C=O) groups excluding carboxylic acids is 2. The quantitative estimate of drug-likeness (QED) is 0.0293. The van der Waals surface area contributed by atoms with Crippen LogP contribution in [0.5, 0.6) is 0 Å². The molecule has 1 N–H and O–H groups in total. The Morgan fingerprint density at radius 1 is 0.551 bits per heavy atom. The van der Waals surface area contributed by atoms with Crippen LogP contribution in [0, 0.1) is 5.92 Å². The molecule has 0 saturated carbocycles. The monoisotopic (exact) mass is 715 g/mol. The lowest BCUT2D eigenvalue weighted by Gasteiger charge is -2.19. The normalized spacial score (nSPS) is 13.6. The SMILES string of the molecule is CCCCCCCC/C=C\CCCCCCCC(=O)CC[C@H](COC(=O)CCCCCCCCCCCCCCC)COP(=O)(O)OCC. The van der Waals surface area contributed by atoms with Gasteiger partial charge in [0.25, 0.3) is 0 Å². The van der Waals surface area contributed by atoms with Crippen LogP contribution in [0.1, 0.15) is 213 Å². The number of phosphoric acid groups is 1. The number of phosphoric ester groups is 1. The number of unbranched alkanes of at least 4 members (excludes halogenated alkanes) is 23. The molecule has 0 heterocycles. The summed E-state index contributed by atoms with van der Waals surface area (Å²) in [5.41, 5.74) is 0. The summed E-state index contributed by atoms with van der Waals surface area (Å²) in [7, 11) is -4.16. The van der Waals surface area contributed by atoms with Crippen LogP contribution < -0.4 is 0 Å². The third kappa shape index (κ3) is 36.6. The van der Waals surface area contributed by atoms with Crippen molar-refractivity contribution in [3.05, 3.63) is 12.2 Å². The highest BCUT2D eigenvalue weighted by Crippen LogP contribution is 2.43. The highest BCUT2D eigenvalue weighted by molar-refractivity contribution is 7.47. The molecule has 0 spiro atoms. The van der Waals surface area contributed by atoms with Crippen LogP contribution in [0.15, 0.2) is 12.2 Å². The van der Waals surface area contributed by atoms with Gasteiger partial charge < -0.3 is 9.63 Å². The van der Waals surface area contributed by atoms with Crippen molar-refractivity contribution in [1.29, 1.82) is 0 Å². The number of rotatable bonds is 39.